The van der Waals surface area contributed by atoms with Crippen molar-refractivity contribution >= 4 is 23.7 Å². The van der Waals surface area contributed by atoms with Crippen LogP contribution < -0.4 is 20.1 Å². The first kappa shape index (κ1) is 32.3. The van der Waals surface area contributed by atoms with Gasteiger partial charge < -0.3 is 29.6 Å². The Morgan fingerprint density at radius 2 is 1.68 bits per heavy atom. The lowest BCUT2D eigenvalue weighted by atomic mass is 9.97. The SMILES string of the molecule is CC(C)(C)OC(=O)CCC(NC(=O)OC(C)(C)C)C(=O)Nc1ccc(Oc2ccc3c(c2)CC[C@@H](c2ccccc2)O3)nc1. The van der Waals surface area contributed by atoms with E-state index >= 15 is 0 Å². The van der Waals surface area contributed by atoms with Crippen molar-refractivity contribution < 1.29 is 33.3 Å². The number of aryl methyl sites for hydroxylation is 1. The summed E-state index contributed by atoms with van der Waals surface area (Å²) in [6.45, 7) is 10.4. The normalized spacial score (nSPS) is 15.2. The van der Waals surface area contributed by atoms with E-state index in [0.29, 0.717) is 17.3 Å². The number of alkyl carbamates (subject to hydrolysis) is 1. The molecule has 0 radical (unpaired) electrons. The molecule has 0 bridgehead atoms. The van der Waals surface area contributed by atoms with Crippen LogP contribution in [0.5, 0.6) is 17.4 Å². The molecule has 1 aromatic heterocycles. The molecule has 0 saturated heterocycles. The van der Waals surface area contributed by atoms with Gasteiger partial charge in [-0.05, 0) is 96.2 Å². The molecule has 2 N–H and O–H groups in total. The van der Waals surface area contributed by atoms with Gasteiger partial charge in [-0.25, -0.2) is 9.78 Å². The Bertz CT molecular complexity index is 1440. The Hall–Kier alpha value is -4.60. The number of esters is 1. The number of amides is 2. The molecule has 44 heavy (non-hydrogen) atoms. The highest BCUT2D eigenvalue weighted by Crippen LogP contribution is 2.37. The van der Waals surface area contributed by atoms with E-state index in [1.54, 1.807) is 53.7 Å². The Morgan fingerprint density at radius 3 is 2.34 bits per heavy atom. The first-order valence-electron chi connectivity index (χ1n) is 14.7. The van der Waals surface area contributed by atoms with Crippen molar-refractivity contribution in [2.45, 2.75) is 90.6 Å². The van der Waals surface area contributed by atoms with Crippen LogP contribution in [0.25, 0.3) is 0 Å². The van der Waals surface area contributed by atoms with Gasteiger partial charge in [0.15, 0.2) is 0 Å². The first-order valence-corrected chi connectivity index (χ1v) is 14.7. The molecule has 2 amide bonds. The molecule has 10 heteroatoms. The van der Waals surface area contributed by atoms with Crippen LogP contribution in [0.2, 0.25) is 0 Å². The van der Waals surface area contributed by atoms with E-state index in [1.807, 2.05) is 36.4 Å². The van der Waals surface area contributed by atoms with Crippen LogP contribution in [-0.2, 0) is 25.5 Å². The predicted molar refractivity (Wildman–Crippen MR) is 166 cm³/mol. The topological polar surface area (TPSA) is 125 Å². The monoisotopic (exact) mass is 603 g/mol. The molecule has 1 aliphatic heterocycles. The van der Waals surface area contributed by atoms with Crippen LogP contribution in [0.3, 0.4) is 0 Å². The van der Waals surface area contributed by atoms with E-state index in [1.165, 1.54) is 6.20 Å². The number of hydrogen-bond acceptors (Lipinski definition) is 8. The molecule has 4 rings (SSSR count). The number of anilines is 1. The van der Waals surface area contributed by atoms with Crippen molar-refractivity contribution in [2.24, 2.45) is 0 Å². The maximum atomic E-state index is 13.1. The molecule has 2 atom stereocenters. The van der Waals surface area contributed by atoms with Crippen molar-refractivity contribution in [3.63, 3.8) is 0 Å². The zero-order valence-corrected chi connectivity index (χ0v) is 26.1. The maximum Gasteiger partial charge on any atom is 0.408 e. The highest BCUT2D eigenvalue weighted by Gasteiger charge is 2.27. The number of pyridine rings is 1. The summed E-state index contributed by atoms with van der Waals surface area (Å²) < 4.78 is 22.8. The van der Waals surface area contributed by atoms with Crippen LogP contribution >= 0.6 is 0 Å². The molecule has 2 heterocycles. The van der Waals surface area contributed by atoms with E-state index in [-0.39, 0.29) is 18.9 Å². The zero-order chi connectivity index (χ0) is 31.9. The number of nitrogens with one attached hydrogen (secondary N) is 2. The van der Waals surface area contributed by atoms with E-state index < -0.39 is 35.2 Å². The summed E-state index contributed by atoms with van der Waals surface area (Å²) >= 11 is 0. The van der Waals surface area contributed by atoms with Crippen molar-refractivity contribution in [3.8, 4) is 17.4 Å². The molecule has 0 spiro atoms. The summed E-state index contributed by atoms with van der Waals surface area (Å²) in [6, 6.07) is 18.1. The fourth-order valence-electron chi connectivity index (χ4n) is 4.57. The number of nitrogens with zero attached hydrogens (tertiary/aromatic N) is 1. The van der Waals surface area contributed by atoms with E-state index in [0.717, 1.165) is 29.7 Å². The minimum atomic E-state index is -1.05. The van der Waals surface area contributed by atoms with Gasteiger partial charge in [0.25, 0.3) is 0 Å². The lowest BCUT2D eigenvalue weighted by Crippen LogP contribution is -2.46. The Morgan fingerprint density at radius 1 is 0.955 bits per heavy atom. The number of carbonyl (C=O) groups excluding carboxylic acids is 3. The van der Waals surface area contributed by atoms with Gasteiger partial charge in [0.1, 0.15) is 34.8 Å². The summed E-state index contributed by atoms with van der Waals surface area (Å²) in [7, 11) is 0. The van der Waals surface area contributed by atoms with Gasteiger partial charge in [0.05, 0.1) is 11.9 Å². The van der Waals surface area contributed by atoms with Crippen LogP contribution in [0, 0.1) is 0 Å². The van der Waals surface area contributed by atoms with Crippen molar-refractivity contribution in [2.75, 3.05) is 5.32 Å². The number of ether oxygens (including phenoxy) is 4. The molecule has 10 nitrogen and oxygen atoms in total. The van der Waals surface area contributed by atoms with Gasteiger partial charge in [-0.2, -0.15) is 0 Å². The van der Waals surface area contributed by atoms with E-state index in [9.17, 15) is 14.4 Å². The van der Waals surface area contributed by atoms with Crippen molar-refractivity contribution in [3.05, 3.63) is 78.0 Å². The fraction of sp³-hybridized carbons (Fsp3) is 0.412. The van der Waals surface area contributed by atoms with Gasteiger partial charge in [0.2, 0.25) is 11.8 Å². The van der Waals surface area contributed by atoms with Crippen molar-refractivity contribution in [1.82, 2.24) is 10.3 Å². The first-order chi connectivity index (χ1) is 20.7. The molecule has 0 aliphatic carbocycles. The Balaban J connectivity index is 1.36. The van der Waals surface area contributed by atoms with E-state index in [2.05, 4.69) is 27.8 Å². The van der Waals surface area contributed by atoms with E-state index in [4.69, 9.17) is 18.9 Å². The summed E-state index contributed by atoms with van der Waals surface area (Å²) in [5.41, 5.74) is 1.19. The summed E-state index contributed by atoms with van der Waals surface area (Å²) in [5.74, 6) is 0.797. The van der Waals surface area contributed by atoms with Gasteiger partial charge >= 0.3 is 12.1 Å². The van der Waals surface area contributed by atoms with Gasteiger partial charge in [0, 0.05) is 12.5 Å². The second-order valence-corrected chi connectivity index (χ2v) is 12.6. The van der Waals surface area contributed by atoms with Gasteiger partial charge in [-0.1, -0.05) is 30.3 Å². The minimum absolute atomic E-state index is 0.0166. The van der Waals surface area contributed by atoms with Gasteiger partial charge in [-0.3, -0.25) is 9.59 Å². The molecule has 3 aromatic rings. The summed E-state index contributed by atoms with van der Waals surface area (Å²) in [5, 5.41) is 5.29. The Kier molecular flexibility index (Phi) is 10.1. The lowest BCUT2D eigenvalue weighted by molar-refractivity contribution is -0.155. The fourth-order valence-corrected chi connectivity index (χ4v) is 4.57. The van der Waals surface area contributed by atoms with Crippen LogP contribution in [0.15, 0.2) is 66.9 Å². The number of fused-ring (bicyclic) bond motifs is 1. The number of aromatic nitrogens is 1. The summed E-state index contributed by atoms with van der Waals surface area (Å²) in [4.78, 5) is 42.1. The second kappa shape index (κ2) is 13.8. The molecule has 1 unspecified atom stereocenters. The third kappa shape index (κ3) is 10.00. The second-order valence-electron chi connectivity index (χ2n) is 12.6. The highest BCUT2D eigenvalue weighted by molar-refractivity contribution is 5.96. The minimum Gasteiger partial charge on any atom is -0.485 e. The molecular weight excluding hydrogens is 562 g/mol. The lowest BCUT2D eigenvalue weighted by Gasteiger charge is -2.26. The molecule has 234 valence electrons. The van der Waals surface area contributed by atoms with Gasteiger partial charge in [-0.15, -0.1) is 0 Å². The zero-order valence-electron chi connectivity index (χ0n) is 26.1. The predicted octanol–water partition coefficient (Wildman–Crippen LogP) is 6.89. The van der Waals surface area contributed by atoms with Crippen molar-refractivity contribution in [1.29, 1.82) is 0 Å². The average Bonchev–Trinajstić information content (AvgIpc) is 2.94. The number of benzene rings is 2. The molecule has 0 fully saturated rings. The third-order valence-electron chi connectivity index (χ3n) is 6.44. The maximum absolute atomic E-state index is 13.1. The molecule has 2 aromatic carbocycles. The molecular formula is C34H41N3O7. The largest absolute Gasteiger partial charge is 0.485 e. The number of rotatable bonds is 9. The number of carbonyl (C=O) groups is 3. The molecule has 1 aliphatic rings. The van der Waals surface area contributed by atoms with Crippen LogP contribution in [0.4, 0.5) is 10.5 Å². The van der Waals surface area contributed by atoms with Crippen LogP contribution in [-0.4, -0.2) is 40.2 Å². The standard InChI is InChI=1S/C34H41N3O7/c1-33(2,3)43-30(38)19-15-26(37-32(40)44-34(4,5)6)31(39)36-24-13-18-29(35-21-24)41-25-14-17-28-23(20-25)12-16-27(42-28)22-10-8-7-9-11-22/h7-11,13-14,17-18,20-21,26-27H,12,15-16,19H2,1-6H3,(H,36,39)(H,37,40)/t26?,27-/m0/s1. The molecule has 0 saturated carbocycles. The average molecular weight is 604 g/mol. The quantitative estimate of drug-likeness (QED) is 0.253. The Labute approximate surface area is 258 Å². The highest BCUT2D eigenvalue weighted by atomic mass is 16.6. The number of hydrogen-bond donors (Lipinski definition) is 2. The third-order valence-corrected chi connectivity index (χ3v) is 6.44. The smallest absolute Gasteiger partial charge is 0.408 e. The van der Waals surface area contributed by atoms with Crippen LogP contribution in [0.1, 0.15) is 78.0 Å². The summed E-state index contributed by atoms with van der Waals surface area (Å²) in [6.07, 6.45) is 2.38.